The van der Waals surface area contributed by atoms with Crippen LogP contribution in [-0.2, 0) is 0 Å². The average Bonchev–Trinajstić information content (AvgIpc) is 1.72. The van der Waals surface area contributed by atoms with Gasteiger partial charge in [0.15, 0.2) is 0 Å². The van der Waals surface area contributed by atoms with Crippen LogP contribution in [0.25, 0.3) is 0 Å². The monoisotopic (exact) mass is 122 g/mol. The van der Waals surface area contributed by atoms with Crippen LogP contribution in [0.5, 0.6) is 0 Å². The Bertz CT molecular complexity index is 30.0. The zero-order valence-electron chi connectivity index (χ0n) is 5.70. The van der Waals surface area contributed by atoms with Gasteiger partial charge in [-0.15, -0.1) is 0 Å². The van der Waals surface area contributed by atoms with E-state index in [4.69, 9.17) is 0 Å². The molecular weight excluding hydrogens is 106 g/mol. The molecule has 0 aromatic carbocycles. The summed E-state index contributed by atoms with van der Waals surface area (Å²) >= 11 is -0.171. The van der Waals surface area contributed by atoms with E-state index in [9.17, 15) is 0 Å². The molecular formula is C6H16AlLi. The molecule has 44 valence electrons. The SMILES string of the molecule is C[CH2][Al]([CH2]C)[CH2]C.[LiH]. The third-order valence-corrected chi connectivity index (χ3v) is 5.20. The minimum absolute atomic E-state index is 0. The minimum atomic E-state index is -0.171. The van der Waals surface area contributed by atoms with Crippen LogP contribution in [0.15, 0.2) is 0 Å². The van der Waals surface area contributed by atoms with Gasteiger partial charge in [0.2, 0.25) is 0 Å². The molecule has 0 rings (SSSR count). The summed E-state index contributed by atoms with van der Waals surface area (Å²) in [6.07, 6.45) is 0. The van der Waals surface area contributed by atoms with Crippen molar-refractivity contribution in [3.8, 4) is 0 Å². The van der Waals surface area contributed by atoms with Crippen molar-refractivity contribution in [3.05, 3.63) is 0 Å². The van der Waals surface area contributed by atoms with Crippen LogP contribution >= 0.6 is 0 Å². The van der Waals surface area contributed by atoms with Crippen LogP contribution in [0.2, 0.25) is 15.8 Å². The molecule has 0 aliphatic carbocycles. The Morgan fingerprint density at radius 2 is 1.12 bits per heavy atom. The fourth-order valence-corrected chi connectivity index (χ4v) is 2.60. The van der Waals surface area contributed by atoms with E-state index in [1.165, 1.54) is 15.8 Å². The van der Waals surface area contributed by atoms with Crippen molar-refractivity contribution in [1.29, 1.82) is 0 Å². The Morgan fingerprint density at radius 3 is 1.12 bits per heavy atom. The molecule has 0 amide bonds. The molecule has 0 atom stereocenters. The van der Waals surface area contributed by atoms with Gasteiger partial charge >= 0.3 is 18.9 Å². The molecule has 0 saturated carbocycles. The first-order valence-corrected chi connectivity index (χ1v) is 5.80. The van der Waals surface area contributed by atoms with Gasteiger partial charge in [0.05, 0.1) is 0 Å². The predicted molar refractivity (Wildman–Crippen MR) is 44.3 cm³/mol. The molecule has 0 radical (unpaired) electrons. The molecule has 0 aliphatic rings. The van der Waals surface area contributed by atoms with E-state index >= 15 is 0 Å². The first kappa shape index (κ1) is 11.9. The van der Waals surface area contributed by atoms with Crippen LogP contribution in [0.1, 0.15) is 20.8 Å². The fourth-order valence-electron chi connectivity index (χ4n) is 0.866. The second kappa shape index (κ2) is 8.13. The van der Waals surface area contributed by atoms with Gasteiger partial charge in [0.25, 0.3) is 14.1 Å². The normalized spacial score (nSPS) is 7.88. The van der Waals surface area contributed by atoms with E-state index in [0.717, 1.165) is 0 Å². The van der Waals surface area contributed by atoms with Crippen molar-refractivity contribution in [1.82, 2.24) is 0 Å². The summed E-state index contributed by atoms with van der Waals surface area (Å²) in [5, 5.41) is 4.48. The van der Waals surface area contributed by atoms with E-state index in [2.05, 4.69) is 20.8 Å². The number of rotatable bonds is 3. The molecule has 0 aromatic rings. The van der Waals surface area contributed by atoms with Gasteiger partial charge in [-0.25, -0.2) is 0 Å². The summed E-state index contributed by atoms with van der Waals surface area (Å²) in [6.45, 7) is 6.97. The van der Waals surface area contributed by atoms with E-state index in [1.54, 1.807) is 0 Å². The summed E-state index contributed by atoms with van der Waals surface area (Å²) in [7, 11) is 0. The summed E-state index contributed by atoms with van der Waals surface area (Å²) in [4.78, 5) is 0. The van der Waals surface area contributed by atoms with E-state index in [1.807, 2.05) is 0 Å². The Labute approximate surface area is 69.6 Å². The molecule has 0 aliphatic heterocycles. The van der Waals surface area contributed by atoms with Crippen LogP contribution in [0, 0.1) is 0 Å². The Balaban J connectivity index is 0. The van der Waals surface area contributed by atoms with Crippen molar-refractivity contribution >= 4 is 33.0 Å². The third-order valence-electron chi connectivity index (χ3n) is 1.73. The molecule has 0 fully saturated rings. The summed E-state index contributed by atoms with van der Waals surface area (Å²) in [5.74, 6) is 0. The van der Waals surface area contributed by atoms with Gasteiger partial charge in [-0.1, -0.05) is 36.6 Å². The molecule has 0 saturated heterocycles. The van der Waals surface area contributed by atoms with Crippen molar-refractivity contribution in [3.63, 3.8) is 0 Å². The zero-order valence-corrected chi connectivity index (χ0v) is 6.85. The Morgan fingerprint density at radius 1 is 0.875 bits per heavy atom. The van der Waals surface area contributed by atoms with Crippen molar-refractivity contribution < 1.29 is 0 Å². The van der Waals surface area contributed by atoms with Crippen molar-refractivity contribution in [2.45, 2.75) is 36.6 Å². The molecule has 8 heavy (non-hydrogen) atoms. The van der Waals surface area contributed by atoms with Crippen LogP contribution in [-0.4, -0.2) is 33.0 Å². The predicted octanol–water partition coefficient (Wildman–Crippen LogP) is 1.89. The van der Waals surface area contributed by atoms with Gasteiger partial charge in [-0.2, -0.15) is 0 Å². The van der Waals surface area contributed by atoms with Gasteiger partial charge in [-0.3, -0.25) is 0 Å². The van der Waals surface area contributed by atoms with Crippen LogP contribution in [0.4, 0.5) is 0 Å². The Hall–Kier alpha value is 1.13. The van der Waals surface area contributed by atoms with Crippen LogP contribution < -0.4 is 0 Å². The van der Waals surface area contributed by atoms with Gasteiger partial charge in [0, 0.05) is 0 Å². The summed E-state index contributed by atoms with van der Waals surface area (Å²) in [5.41, 5.74) is 0. The van der Waals surface area contributed by atoms with Gasteiger partial charge in [0.1, 0.15) is 0 Å². The van der Waals surface area contributed by atoms with Crippen molar-refractivity contribution in [2.24, 2.45) is 0 Å². The summed E-state index contributed by atoms with van der Waals surface area (Å²) < 4.78 is 0. The maximum absolute atomic E-state index is 2.32. The molecule has 0 N–H and O–H groups in total. The molecule has 0 bridgehead atoms. The molecule has 2 heteroatoms. The van der Waals surface area contributed by atoms with E-state index < -0.39 is 0 Å². The fraction of sp³-hybridized carbons (Fsp3) is 1.00. The first-order valence-electron chi connectivity index (χ1n) is 3.35. The second-order valence-electron chi connectivity index (χ2n) is 2.09. The van der Waals surface area contributed by atoms with Crippen molar-refractivity contribution in [2.75, 3.05) is 0 Å². The topological polar surface area (TPSA) is 0 Å². The van der Waals surface area contributed by atoms with Gasteiger partial charge in [-0.05, 0) is 0 Å². The quantitative estimate of drug-likeness (QED) is 0.501. The Kier molecular flexibility index (Phi) is 12.1. The maximum atomic E-state index is 2.32. The molecule has 0 unspecified atom stereocenters. The number of hydrogen-bond acceptors (Lipinski definition) is 0. The average molecular weight is 122 g/mol. The third kappa shape index (κ3) is 5.27. The first-order chi connectivity index (χ1) is 3.35. The number of hydrogen-bond donors (Lipinski definition) is 0. The molecule has 0 aromatic heterocycles. The standard InChI is InChI=1S/3C2H5.Al.Li.H/c3*1-2;;;/h3*1H2,2H3;;;. The molecule has 0 spiro atoms. The molecule has 0 heterocycles. The summed E-state index contributed by atoms with van der Waals surface area (Å²) in [6, 6.07) is 0. The molecule has 0 nitrogen and oxygen atoms in total. The zero-order chi connectivity index (χ0) is 5.70. The van der Waals surface area contributed by atoms with Crippen LogP contribution in [0.3, 0.4) is 0 Å². The van der Waals surface area contributed by atoms with E-state index in [-0.39, 0.29) is 33.0 Å². The second-order valence-corrected chi connectivity index (χ2v) is 6.27. The van der Waals surface area contributed by atoms with E-state index in [0.29, 0.717) is 0 Å². The van der Waals surface area contributed by atoms with Gasteiger partial charge < -0.3 is 0 Å².